The molecule has 0 heterocycles. The van der Waals surface area contributed by atoms with Crippen LogP contribution in [0.2, 0.25) is 0 Å². The molecule has 1 rings (SSSR count). The monoisotopic (exact) mass is 337 g/mol. The molecule has 0 spiro atoms. The molecule has 23 heavy (non-hydrogen) atoms. The van der Waals surface area contributed by atoms with E-state index in [1.807, 2.05) is 0 Å². The number of oxime groups is 1. The van der Waals surface area contributed by atoms with Gasteiger partial charge in [0.25, 0.3) is 0 Å². The zero-order valence-corrected chi connectivity index (χ0v) is 13.2. The molecular weight excluding hydrogens is 321 g/mol. The summed E-state index contributed by atoms with van der Waals surface area (Å²) in [5.74, 6) is -11.3. The first-order valence-corrected chi connectivity index (χ1v) is 6.44. The van der Waals surface area contributed by atoms with Crippen molar-refractivity contribution in [1.29, 1.82) is 0 Å². The summed E-state index contributed by atoms with van der Waals surface area (Å²) in [6.07, 6.45) is 1.09. The number of amidine groups is 1. The molecule has 4 nitrogen and oxygen atoms in total. The minimum absolute atomic E-state index is 0.776. The molecule has 1 aromatic rings. The lowest BCUT2D eigenvalue weighted by atomic mass is 10.1. The van der Waals surface area contributed by atoms with Crippen molar-refractivity contribution in [3.05, 3.63) is 34.6 Å². The molecule has 0 N–H and O–H groups in total. The van der Waals surface area contributed by atoms with E-state index in [2.05, 4.69) is 10.1 Å². The van der Waals surface area contributed by atoms with Gasteiger partial charge in [0.15, 0.2) is 23.3 Å². The average Bonchev–Trinajstić information content (AvgIpc) is 2.44. The van der Waals surface area contributed by atoms with Crippen LogP contribution >= 0.6 is 0 Å². The Morgan fingerprint density at radius 3 is 1.74 bits per heavy atom. The summed E-state index contributed by atoms with van der Waals surface area (Å²) in [4.78, 5) is 9.99. The summed E-state index contributed by atoms with van der Waals surface area (Å²) in [6, 6.07) is 0. The van der Waals surface area contributed by atoms with Gasteiger partial charge >= 0.3 is 0 Å². The Kier molecular flexibility index (Phi) is 5.68. The molecule has 0 aliphatic rings. The molecule has 1 aromatic carbocycles. The molecule has 0 bridgehead atoms. The highest BCUT2D eigenvalue weighted by Crippen LogP contribution is 2.24. The molecule has 0 unspecified atom stereocenters. The van der Waals surface area contributed by atoms with Crippen molar-refractivity contribution < 1.29 is 26.8 Å². The van der Waals surface area contributed by atoms with Crippen LogP contribution < -0.4 is 0 Å². The number of aliphatic imine (C=N–C) groups is 1. The normalized spacial score (nSPS) is 12.9. The van der Waals surface area contributed by atoms with Crippen LogP contribution in [0.3, 0.4) is 0 Å². The molecule has 0 saturated carbocycles. The lowest BCUT2D eigenvalue weighted by molar-refractivity contribution is 0.000772. The highest BCUT2D eigenvalue weighted by atomic mass is 19.2. The zero-order chi connectivity index (χ0) is 17.9. The van der Waals surface area contributed by atoms with Crippen LogP contribution in [-0.4, -0.2) is 36.8 Å². The predicted molar refractivity (Wildman–Crippen MR) is 75.8 cm³/mol. The topological polar surface area (TPSA) is 37.2 Å². The molecule has 0 atom stereocenters. The first-order valence-electron chi connectivity index (χ1n) is 6.44. The summed E-state index contributed by atoms with van der Waals surface area (Å²) < 4.78 is 67.4. The summed E-state index contributed by atoms with van der Waals surface area (Å²) >= 11 is 0. The zero-order valence-electron chi connectivity index (χ0n) is 13.2. The van der Waals surface area contributed by atoms with E-state index in [9.17, 15) is 22.0 Å². The van der Waals surface area contributed by atoms with Gasteiger partial charge in [-0.2, -0.15) is 0 Å². The molecule has 0 aromatic heterocycles. The molecule has 128 valence electrons. The average molecular weight is 337 g/mol. The first-order chi connectivity index (χ1) is 10.5. The standard InChI is InChI=1S/C14H16F5N3O/c1-14(2,3)23-21-13(20-6-22(4)5)7-8(15)10(17)12(19)11(18)9(7)16/h6H,1-5H3/b20-6?,21-13+. The number of benzene rings is 1. The molecule has 0 amide bonds. The molecular formula is C14H16F5N3O. The number of hydrogen-bond donors (Lipinski definition) is 0. The van der Waals surface area contributed by atoms with E-state index in [4.69, 9.17) is 4.84 Å². The van der Waals surface area contributed by atoms with E-state index in [0.29, 0.717) is 0 Å². The van der Waals surface area contributed by atoms with E-state index < -0.39 is 46.1 Å². The Bertz CT molecular complexity index is 622. The number of rotatable bonds is 3. The number of hydrogen-bond acceptors (Lipinski definition) is 2. The van der Waals surface area contributed by atoms with Gasteiger partial charge in [-0.25, -0.2) is 26.9 Å². The summed E-state index contributed by atoms with van der Waals surface area (Å²) in [5, 5.41) is 3.43. The lowest BCUT2D eigenvalue weighted by Gasteiger charge is -2.16. The van der Waals surface area contributed by atoms with Crippen LogP contribution in [0.25, 0.3) is 0 Å². The minimum Gasteiger partial charge on any atom is -0.388 e. The molecule has 0 radical (unpaired) electrons. The van der Waals surface area contributed by atoms with Crippen LogP contribution in [0.15, 0.2) is 10.1 Å². The van der Waals surface area contributed by atoms with Crippen molar-refractivity contribution in [1.82, 2.24) is 4.90 Å². The Balaban J connectivity index is 3.55. The highest BCUT2D eigenvalue weighted by molar-refractivity contribution is 6.02. The van der Waals surface area contributed by atoms with Gasteiger partial charge in [-0.1, -0.05) is 5.16 Å². The fourth-order valence-electron chi connectivity index (χ4n) is 1.29. The Morgan fingerprint density at radius 2 is 1.35 bits per heavy atom. The van der Waals surface area contributed by atoms with Gasteiger partial charge in [-0.15, -0.1) is 0 Å². The van der Waals surface area contributed by atoms with Gasteiger partial charge in [0, 0.05) is 14.1 Å². The molecule has 9 heteroatoms. The van der Waals surface area contributed by atoms with Crippen LogP contribution in [0.1, 0.15) is 26.3 Å². The van der Waals surface area contributed by atoms with Crippen molar-refractivity contribution in [2.45, 2.75) is 26.4 Å². The first kappa shape index (κ1) is 18.9. The summed E-state index contributed by atoms with van der Waals surface area (Å²) in [7, 11) is 3.09. The second kappa shape index (κ2) is 6.93. The van der Waals surface area contributed by atoms with Gasteiger partial charge in [0.1, 0.15) is 11.2 Å². The second-order valence-corrected chi connectivity index (χ2v) is 5.77. The van der Waals surface area contributed by atoms with Gasteiger partial charge in [-0.3, -0.25) is 0 Å². The molecule has 0 aliphatic heterocycles. The molecule has 0 saturated heterocycles. The Morgan fingerprint density at radius 1 is 0.913 bits per heavy atom. The maximum absolute atomic E-state index is 13.9. The fraction of sp³-hybridized carbons (Fsp3) is 0.429. The van der Waals surface area contributed by atoms with E-state index >= 15 is 0 Å². The Hall–Kier alpha value is -2.19. The van der Waals surface area contributed by atoms with Crippen LogP contribution in [0.4, 0.5) is 22.0 Å². The number of nitrogens with zero attached hydrogens (tertiary/aromatic N) is 3. The second-order valence-electron chi connectivity index (χ2n) is 5.77. The van der Waals surface area contributed by atoms with E-state index in [1.54, 1.807) is 34.9 Å². The van der Waals surface area contributed by atoms with Gasteiger partial charge < -0.3 is 9.74 Å². The van der Waals surface area contributed by atoms with Crippen LogP contribution in [-0.2, 0) is 4.84 Å². The van der Waals surface area contributed by atoms with Gasteiger partial charge in [0.2, 0.25) is 11.7 Å². The van der Waals surface area contributed by atoms with Crippen molar-refractivity contribution in [2.24, 2.45) is 10.1 Å². The third-order valence-electron chi connectivity index (χ3n) is 2.25. The predicted octanol–water partition coefficient (Wildman–Crippen LogP) is 3.45. The van der Waals surface area contributed by atoms with Crippen molar-refractivity contribution >= 4 is 12.2 Å². The van der Waals surface area contributed by atoms with E-state index in [0.717, 1.165) is 6.34 Å². The molecule has 0 fully saturated rings. The van der Waals surface area contributed by atoms with Crippen molar-refractivity contribution in [2.75, 3.05) is 14.1 Å². The third kappa shape index (κ3) is 4.64. The molecule has 0 aliphatic carbocycles. The largest absolute Gasteiger partial charge is 0.388 e. The Labute approximate surface area is 130 Å². The lowest BCUT2D eigenvalue weighted by Crippen LogP contribution is -2.19. The van der Waals surface area contributed by atoms with E-state index in [1.165, 1.54) is 4.90 Å². The highest BCUT2D eigenvalue weighted by Gasteiger charge is 2.29. The van der Waals surface area contributed by atoms with Crippen LogP contribution in [0, 0.1) is 29.1 Å². The van der Waals surface area contributed by atoms with E-state index in [-0.39, 0.29) is 0 Å². The van der Waals surface area contributed by atoms with Gasteiger partial charge in [-0.05, 0) is 20.8 Å². The maximum atomic E-state index is 13.9. The summed E-state index contributed by atoms with van der Waals surface area (Å²) in [5.41, 5.74) is -2.12. The maximum Gasteiger partial charge on any atom is 0.206 e. The minimum atomic E-state index is -2.25. The van der Waals surface area contributed by atoms with Crippen molar-refractivity contribution in [3.8, 4) is 0 Å². The van der Waals surface area contributed by atoms with Crippen molar-refractivity contribution in [3.63, 3.8) is 0 Å². The number of halogens is 5. The fourth-order valence-corrected chi connectivity index (χ4v) is 1.29. The smallest absolute Gasteiger partial charge is 0.206 e. The summed E-state index contributed by atoms with van der Waals surface area (Å²) in [6.45, 7) is 4.76. The third-order valence-corrected chi connectivity index (χ3v) is 2.25. The quantitative estimate of drug-likeness (QED) is 0.212. The SMILES string of the molecule is CN(C)C=N/C(=N/OC(C)(C)C)c1c(F)c(F)c(F)c(F)c1F. The van der Waals surface area contributed by atoms with Crippen LogP contribution in [0.5, 0.6) is 0 Å². The van der Waals surface area contributed by atoms with Gasteiger partial charge in [0.05, 0.1) is 6.34 Å².